The summed E-state index contributed by atoms with van der Waals surface area (Å²) in [6, 6.07) is 0. The molecule has 1 saturated carbocycles. The van der Waals surface area contributed by atoms with Crippen molar-refractivity contribution in [3.8, 4) is 0 Å². The van der Waals surface area contributed by atoms with E-state index in [1.165, 1.54) is 19.3 Å². The van der Waals surface area contributed by atoms with Crippen LogP contribution in [0.5, 0.6) is 0 Å². The molecule has 1 aliphatic rings. The number of rotatable bonds is 6. The highest BCUT2D eigenvalue weighted by molar-refractivity contribution is 4.88. The molecule has 96 valence electrons. The van der Waals surface area contributed by atoms with E-state index < -0.39 is 0 Å². The Bertz CT molecular complexity index is 199. The van der Waals surface area contributed by atoms with E-state index in [1.807, 2.05) is 0 Å². The van der Waals surface area contributed by atoms with Crippen molar-refractivity contribution in [2.24, 2.45) is 5.41 Å². The molecular formula is C14H28O2. The van der Waals surface area contributed by atoms with Crippen LogP contribution >= 0.6 is 0 Å². The molecule has 0 aromatic heterocycles. The fourth-order valence-corrected chi connectivity index (χ4v) is 2.02. The van der Waals surface area contributed by atoms with Crippen molar-refractivity contribution in [2.45, 2.75) is 72.0 Å². The molecule has 0 radical (unpaired) electrons. The van der Waals surface area contributed by atoms with Crippen molar-refractivity contribution in [1.82, 2.24) is 0 Å². The number of hydrogen-bond acceptors (Lipinski definition) is 2. The maximum atomic E-state index is 5.94. The van der Waals surface area contributed by atoms with Crippen LogP contribution in [-0.2, 0) is 9.47 Å². The second-order valence-electron chi connectivity index (χ2n) is 6.42. The Hall–Kier alpha value is -0.0800. The second kappa shape index (κ2) is 5.50. The van der Waals surface area contributed by atoms with Crippen LogP contribution in [0.1, 0.15) is 60.3 Å². The second-order valence-corrected chi connectivity index (χ2v) is 6.42. The van der Waals surface area contributed by atoms with Gasteiger partial charge in [-0.2, -0.15) is 0 Å². The predicted octanol–water partition coefficient (Wildman–Crippen LogP) is 3.79. The molecule has 0 bridgehead atoms. The lowest BCUT2D eigenvalue weighted by Crippen LogP contribution is -2.38. The summed E-state index contributed by atoms with van der Waals surface area (Å²) in [6.45, 7) is 12.4. The Morgan fingerprint density at radius 3 is 2.19 bits per heavy atom. The molecule has 0 aromatic carbocycles. The van der Waals surface area contributed by atoms with Crippen LogP contribution in [0, 0.1) is 5.41 Å². The van der Waals surface area contributed by atoms with Crippen LogP contribution in [0.3, 0.4) is 0 Å². The van der Waals surface area contributed by atoms with Gasteiger partial charge < -0.3 is 9.47 Å². The highest BCUT2D eigenvalue weighted by Crippen LogP contribution is 2.44. The molecule has 1 aliphatic carbocycles. The lowest BCUT2D eigenvalue weighted by atomic mass is 9.67. The minimum atomic E-state index is -0.0124. The highest BCUT2D eigenvalue weighted by Gasteiger charge is 2.37. The fraction of sp³-hybridized carbons (Fsp3) is 1.00. The lowest BCUT2D eigenvalue weighted by molar-refractivity contribution is -0.0913. The minimum Gasteiger partial charge on any atom is -0.379 e. The van der Waals surface area contributed by atoms with Crippen LogP contribution in [0.4, 0.5) is 0 Å². The van der Waals surface area contributed by atoms with E-state index in [-0.39, 0.29) is 5.60 Å². The monoisotopic (exact) mass is 228 g/mol. The van der Waals surface area contributed by atoms with Crippen molar-refractivity contribution in [3.05, 3.63) is 0 Å². The first-order valence-electron chi connectivity index (χ1n) is 6.59. The molecule has 0 aromatic rings. The first kappa shape index (κ1) is 14.0. The quantitative estimate of drug-likeness (QED) is 0.688. The smallest absolute Gasteiger partial charge is 0.0598 e. The van der Waals surface area contributed by atoms with Crippen molar-refractivity contribution in [1.29, 1.82) is 0 Å². The van der Waals surface area contributed by atoms with Crippen LogP contribution in [0.2, 0.25) is 0 Å². The molecule has 0 atom stereocenters. The Labute approximate surface area is 101 Å². The normalized spacial score (nSPS) is 19.9. The maximum absolute atomic E-state index is 5.94. The molecule has 2 nitrogen and oxygen atoms in total. The summed E-state index contributed by atoms with van der Waals surface area (Å²) >= 11 is 0. The van der Waals surface area contributed by atoms with E-state index in [4.69, 9.17) is 9.47 Å². The first-order chi connectivity index (χ1) is 7.33. The van der Waals surface area contributed by atoms with Gasteiger partial charge in [-0.15, -0.1) is 0 Å². The molecule has 16 heavy (non-hydrogen) atoms. The van der Waals surface area contributed by atoms with E-state index in [1.54, 1.807) is 0 Å². The van der Waals surface area contributed by atoms with Crippen LogP contribution < -0.4 is 0 Å². The third-order valence-electron chi connectivity index (χ3n) is 3.31. The minimum absolute atomic E-state index is 0.0124. The molecule has 0 amide bonds. The molecule has 0 heterocycles. The molecule has 0 aliphatic heterocycles. The highest BCUT2D eigenvalue weighted by atomic mass is 16.5. The van der Waals surface area contributed by atoms with E-state index in [0.717, 1.165) is 19.6 Å². The van der Waals surface area contributed by atoms with Crippen molar-refractivity contribution >= 4 is 0 Å². The zero-order valence-corrected chi connectivity index (χ0v) is 11.6. The zero-order chi connectivity index (χ0) is 12.2. The largest absolute Gasteiger partial charge is 0.379 e. The summed E-state index contributed by atoms with van der Waals surface area (Å²) in [5.74, 6) is 0. The summed E-state index contributed by atoms with van der Waals surface area (Å²) in [5, 5.41) is 0. The molecule has 1 fully saturated rings. The molecular weight excluding hydrogens is 200 g/mol. The lowest BCUT2D eigenvalue weighted by Gasteiger charge is -2.43. The van der Waals surface area contributed by atoms with Crippen LogP contribution in [0.15, 0.2) is 0 Å². The van der Waals surface area contributed by atoms with Gasteiger partial charge in [0.1, 0.15) is 0 Å². The van der Waals surface area contributed by atoms with E-state index in [2.05, 4.69) is 34.6 Å². The fourth-order valence-electron chi connectivity index (χ4n) is 2.02. The molecule has 2 heteroatoms. The SMILES string of the molecule is CC(C)OCCC1(COC(C)(C)C)CCC1. The van der Waals surface area contributed by atoms with E-state index in [9.17, 15) is 0 Å². The van der Waals surface area contributed by atoms with Crippen molar-refractivity contribution < 1.29 is 9.47 Å². The van der Waals surface area contributed by atoms with Gasteiger partial charge >= 0.3 is 0 Å². The van der Waals surface area contributed by atoms with Gasteiger partial charge in [0.25, 0.3) is 0 Å². The molecule has 0 spiro atoms. The van der Waals surface area contributed by atoms with Gasteiger partial charge in [-0.25, -0.2) is 0 Å². The van der Waals surface area contributed by atoms with Crippen LogP contribution in [-0.4, -0.2) is 24.9 Å². The van der Waals surface area contributed by atoms with Gasteiger partial charge in [0.2, 0.25) is 0 Å². The number of ether oxygens (including phenoxy) is 2. The summed E-state index contributed by atoms with van der Waals surface area (Å²) in [4.78, 5) is 0. The average molecular weight is 228 g/mol. The van der Waals surface area contributed by atoms with Gasteiger partial charge in [-0.3, -0.25) is 0 Å². The third-order valence-corrected chi connectivity index (χ3v) is 3.31. The van der Waals surface area contributed by atoms with E-state index >= 15 is 0 Å². The van der Waals surface area contributed by atoms with Gasteiger partial charge in [0.15, 0.2) is 0 Å². The third kappa shape index (κ3) is 4.84. The van der Waals surface area contributed by atoms with Crippen molar-refractivity contribution in [3.63, 3.8) is 0 Å². The van der Waals surface area contributed by atoms with Gasteiger partial charge in [-0.05, 0) is 59.3 Å². The summed E-state index contributed by atoms with van der Waals surface area (Å²) in [5.41, 5.74) is 0.406. The van der Waals surface area contributed by atoms with Crippen molar-refractivity contribution in [2.75, 3.05) is 13.2 Å². The molecule has 0 saturated heterocycles. The standard InChI is InChI=1S/C14H28O2/c1-12(2)15-10-9-14(7-6-8-14)11-16-13(3,4)5/h12H,6-11H2,1-5H3. The molecule has 0 N–H and O–H groups in total. The topological polar surface area (TPSA) is 18.5 Å². The van der Waals surface area contributed by atoms with Gasteiger partial charge in [-0.1, -0.05) is 6.42 Å². The zero-order valence-electron chi connectivity index (χ0n) is 11.6. The maximum Gasteiger partial charge on any atom is 0.0598 e. The predicted molar refractivity (Wildman–Crippen MR) is 67.7 cm³/mol. The van der Waals surface area contributed by atoms with Gasteiger partial charge in [0.05, 0.1) is 18.3 Å². The summed E-state index contributed by atoms with van der Waals surface area (Å²) in [6.07, 6.45) is 5.48. The van der Waals surface area contributed by atoms with Gasteiger partial charge in [0, 0.05) is 6.61 Å². The Balaban J connectivity index is 2.27. The van der Waals surface area contributed by atoms with Crippen LogP contribution in [0.25, 0.3) is 0 Å². The molecule has 0 unspecified atom stereocenters. The molecule has 1 rings (SSSR count). The Kier molecular flexibility index (Phi) is 4.81. The Morgan fingerprint density at radius 2 is 1.81 bits per heavy atom. The Morgan fingerprint density at radius 1 is 1.19 bits per heavy atom. The average Bonchev–Trinajstić information content (AvgIpc) is 2.05. The summed E-state index contributed by atoms with van der Waals surface area (Å²) in [7, 11) is 0. The summed E-state index contributed by atoms with van der Waals surface area (Å²) < 4.78 is 11.6. The first-order valence-corrected chi connectivity index (χ1v) is 6.59. The van der Waals surface area contributed by atoms with E-state index in [0.29, 0.717) is 11.5 Å². The number of hydrogen-bond donors (Lipinski definition) is 0.